The van der Waals surface area contributed by atoms with Crippen LogP contribution in [0.1, 0.15) is 51.4 Å². The van der Waals surface area contributed by atoms with Gasteiger partial charge in [-0.25, -0.2) is 8.42 Å². The highest BCUT2D eigenvalue weighted by atomic mass is 32.2. The van der Waals surface area contributed by atoms with E-state index in [9.17, 15) is 13.2 Å². The summed E-state index contributed by atoms with van der Waals surface area (Å²) < 4.78 is 24.0. The third-order valence-corrected chi connectivity index (χ3v) is 8.66. The molecule has 0 atom stereocenters. The van der Waals surface area contributed by atoms with Crippen LogP contribution in [0, 0.1) is 23.2 Å². The maximum Gasteiger partial charge on any atom is 0.237 e. The van der Waals surface area contributed by atoms with Gasteiger partial charge in [0.15, 0.2) is 9.84 Å². The van der Waals surface area contributed by atoms with E-state index in [0.29, 0.717) is 5.41 Å². The molecular weight excluding hydrogens is 298 g/mol. The van der Waals surface area contributed by atoms with Crippen molar-refractivity contribution in [3.05, 3.63) is 0 Å². The van der Waals surface area contributed by atoms with Crippen LogP contribution in [0.25, 0.3) is 0 Å². The quantitative estimate of drug-likeness (QED) is 0.779. The zero-order valence-corrected chi connectivity index (χ0v) is 14.3. The summed E-state index contributed by atoms with van der Waals surface area (Å²) in [5.74, 6) is 2.13. The Kier molecular flexibility index (Phi) is 3.37. The van der Waals surface area contributed by atoms with Crippen LogP contribution in [0.3, 0.4) is 0 Å². The maximum atomic E-state index is 12.4. The fraction of sp³-hybridized carbons (Fsp3) is 0.941. The van der Waals surface area contributed by atoms with E-state index in [1.54, 1.807) is 4.90 Å². The van der Waals surface area contributed by atoms with Gasteiger partial charge in [-0.05, 0) is 74.5 Å². The van der Waals surface area contributed by atoms with Gasteiger partial charge in [0.1, 0.15) is 5.75 Å². The molecular formula is C17H27NO3S. The van der Waals surface area contributed by atoms with Crippen LogP contribution in [-0.4, -0.2) is 43.8 Å². The standard InChI is InChI=1S/C17H27NO3S/c1-18(16(19)10-22(20,21)15-2-3-15)11-17-7-12-4-13(8-17)6-14(5-12)9-17/h12-15H,2-11H2,1H3. The van der Waals surface area contributed by atoms with Crippen LogP contribution < -0.4 is 0 Å². The molecule has 5 rings (SSSR count). The number of nitrogens with zero attached hydrogens (tertiary/aromatic N) is 1. The molecule has 0 aromatic carbocycles. The first-order valence-corrected chi connectivity index (χ1v) is 10.5. The molecule has 0 aromatic rings. The Morgan fingerprint density at radius 1 is 1.05 bits per heavy atom. The summed E-state index contributed by atoms with van der Waals surface area (Å²) >= 11 is 0. The number of sulfone groups is 1. The van der Waals surface area contributed by atoms with E-state index >= 15 is 0 Å². The maximum absolute atomic E-state index is 12.4. The largest absolute Gasteiger partial charge is 0.344 e. The molecule has 5 aliphatic carbocycles. The number of carbonyl (C=O) groups is 1. The van der Waals surface area contributed by atoms with Gasteiger partial charge in [0.2, 0.25) is 5.91 Å². The van der Waals surface area contributed by atoms with Gasteiger partial charge in [-0.15, -0.1) is 0 Å². The summed E-state index contributed by atoms with van der Waals surface area (Å²) in [6, 6.07) is 0. The van der Waals surface area contributed by atoms with Crippen molar-refractivity contribution in [1.29, 1.82) is 0 Å². The molecule has 0 heterocycles. The molecule has 0 aliphatic heterocycles. The zero-order valence-electron chi connectivity index (χ0n) is 13.5. The molecule has 0 spiro atoms. The monoisotopic (exact) mass is 325 g/mol. The van der Waals surface area contributed by atoms with Crippen molar-refractivity contribution in [1.82, 2.24) is 4.90 Å². The molecule has 0 radical (unpaired) electrons. The van der Waals surface area contributed by atoms with E-state index in [4.69, 9.17) is 0 Å². The van der Waals surface area contributed by atoms with Gasteiger partial charge >= 0.3 is 0 Å². The van der Waals surface area contributed by atoms with Crippen LogP contribution in [0.4, 0.5) is 0 Å². The highest BCUT2D eigenvalue weighted by Gasteiger charge is 2.51. The van der Waals surface area contributed by atoms with E-state index < -0.39 is 9.84 Å². The predicted octanol–water partition coefficient (Wildman–Crippen LogP) is 2.24. The van der Waals surface area contributed by atoms with Crippen molar-refractivity contribution in [2.75, 3.05) is 19.3 Å². The second-order valence-corrected chi connectivity index (χ2v) is 11.0. The number of amides is 1. The van der Waals surface area contributed by atoms with Crippen molar-refractivity contribution < 1.29 is 13.2 Å². The Hall–Kier alpha value is -0.580. The summed E-state index contributed by atoms with van der Waals surface area (Å²) in [6.45, 7) is 0.773. The first-order chi connectivity index (χ1) is 10.4. The SMILES string of the molecule is CN(CC12CC3CC(CC(C3)C1)C2)C(=O)CS(=O)(=O)C1CC1. The summed E-state index contributed by atoms with van der Waals surface area (Å²) in [7, 11) is -1.38. The predicted molar refractivity (Wildman–Crippen MR) is 85.1 cm³/mol. The van der Waals surface area contributed by atoms with Crippen LogP contribution in [0.5, 0.6) is 0 Å². The molecule has 1 amide bonds. The van der Waals surface area contributed by atoms with Gasteiger partial charge in [0.25, 0.3) is 0 Å². The Morgan fingerprint density at radius 3 is 2.00 bits per heavy atom. The average Bonchev–Trinajstić information content (AvgIpc) is 3.19. The van der Waals surface area contributed by atoms with E-state index in [1.807, 2.05) is 7.05 Å². The third kappa shape index (κ3) is 2.70. The fourth-order valence-corrected chi connectivity index (χ4v) is 7.56. The van der Waals surface area contributed by atoms with Crippen LogP contribution in [0.2, 0.25) is 0 Å². The molecule has 4 bridgehead atoms. The summed E-state index contributed by atoms with van der Waals surface area (Å²) in [5, 5.41) is -0.232. The Balaban J connectivity index is 1.41. The van der Waals surface area contributed by atoms with Gasteiger partial charge in [-0.2, -0.15) is 0 Å². The number of hydrogen-bond acceptors (Lipinski definition) is 3. The molecule has 124 valence electrons. The Morgan fingerprint density at radius 2 is 1.55 bits per heavy atom. The minimum Gasteiger partial charge on any atom is -0.344 e. The lowest BCUT2D eigenvalue weighted by Crippen LogP contribution is -2.52. The summed E-state index contributed by atoms with van der Waals surface area (Å²) in [4.78, 5) is 14.1. The van der Waals surface area contributed by atoms with Crippen molar-refractivity contribution in [3.63, 3.8) is 0 Å². The second kappa shape index (κ2) is 4.96. The smallest absolute Gasteiger partial charge is 0.237 e. The minimum atomic E-state index is -3.19. The highest BCUT2D eigenvalue weighted by Crippen LogP contribution is 2.60. The lowest BCUT2D eigenvalue weighted by Gasteiger charge is -2.57. The molecule has 5 fully saturated rings. The molecule has 0 aromatic heterocycles. The van der Waals surface area contributed by atoms with E-state index in [-0.39, 0.29) is 16.9 Å². The highest BCUT2D eigenvalue weighted by molar-refractivity contribution is 7.93. The first-order valence-electron chi connectivity index (χ1n) is 8.81. The fourth-order valence-electron chi connectivity index (χ4n) is 5.90. The summed E-state index contributed by atoms with van der Waals surface area (Å²) in [6.07, 6.45) is 9.44. The number of hydrogen-bond donors (Lipinski definition) is 0. The van der Waals surface area contributed by atoms with Gasteiger partial charge in [0, 0.05) is 13.6 Å². The Labute approximate surface area is 133 Å². The lowest BCUT2D eigenvalue weighted by atomic mass is 9.49. The van der Waals surface area contributed by atoms with E-state index in [1.165, 1.54) is 38.5 Å². The van der Waals surface area contributed by atoms with Crippen molar-refractivity contribution in [2.24, 2.45) is 23.2 Å². The van der Waals surface area contributed by atoms with Crippen molar-refractivity contribution in [2.45, 2.75) is 56.6 Å². The number of carbonyl (C=O) groups excluding carboxylic acids is 1. The molecule has 4 nitrogen and oxygen atoms in total. The molecule has 5 heteroatoms. The number of rotatable bonds is 5. The van der Waals surface area contributed by atoms with Gasteiger partial charge < -0.3 is 4.90 Å². The third-order valence-electron chi connectivity index (χ3n) is 6.52. The van der Waals surface area contributed by atoms with E-state index in [2.05, 4.69) is 0 Å². The summed E-state index contributed by atoms with van der Waals surface area (Å²) in [5.41, 5.74) is 0.294. The van der Waals surface area contributed by atoms with Crippen molar-refractivity contribution >= 4 is 15.7 Å². The molecule has 0 N–H and O–H groups in total. The Bertz CT molecular complexity index is 543. The lowest BCUT2D eigenvalue weighted by molar-refractivity contribution is -0.132. The van der Waals surface area contributed by atoms with Crippen LogP contribution in [-0.2, 0) is 14.6 Å². The van der Waals surface area contributed by atoms with Gasteiger partial charge in [-0.3, -0.25) is 4.79 Å². The zero-order chi connectivity index (χ0) is 15.5. The molecule has 5 saturated carbocycles. The van der Waals surface area contributed by atoms with Gasteiger partial charge in [0.05, 0.1) is 5.25 Å². The normalized spacial score (nSPS) is 40.0. The van der Waals surface area contributed by atoms with Crippen LogP contribution in [0.15, 0.2) is 0 Å². The molecule has 5 aliphatic rings. The first kappa shape index (κ1) is 15.0. The van der Waals surface area contributed by atoms with E-state index in [0.717, 1.165) is 37.1 Å². The van der Waals surface area contributed by atoms with Crippen molar-refractivity contribution in [3.8, 4) is 0 Å². The molecule has 0 unspecified atom stereocenters. The average molecular weight is 325 g/mol. The molecule has 0 saturated heterocycles. The second-order valence-electron chi connectivity index (χ2n) is 8.67. The minimum absolute atomic E-state index is 0.192. The molecule has 22 heavy (non-hydrogen) atoms. The van der Waals surface area contributed by atoms with Crippen LogP contribution >= 0.6 is 0 Å². The topological polar surface area (TPSA) is 54.5 Å². The van der Waals surface area contributed by atoms with Gasteiger partial charge in [-0.1, -0.05) is 0 Å².